The maximum Gasteiger partial charge on any atom is 0.00922 e. The zero-order valence-corrected chi connectivity index (χ0v) is 12.0. The van der Waals surface area contributed by atoms with Crippen molar-refractivity contribution in [1.29, 1.82) is 0 Å². The predicted octanol–water partition coefficient (Wildman–Crippen LogP) is 3.41. The highest BCUT2D eigenvalue weighted by Gasteiger charge is 2.16. The van der Waals surface area contributed by atoms with Crippen molar-refractivity contribution in [2.75, 3.05) is 20.1 Å². The molecular formula is C15H32N2. The van der Waals surface area contributed by atoms with Crippen molar-refractivity contribution < 1.29 is 0 Å². The average molecular weight is 240 g/mol. The predicted molar refractivity (Wildman–Crippen MR) is 76.2 cm³/mol. The van der Waals surface area contributed by atoms with Crippen LogP contribution < -0.4 is 5.73 Å². The van der Waals surface area contributed by atoms with Gasteiger partial charge in [0, 0.05) is 6.04 Å². The van der Waals surface area contributed by atoms with Crippen LogP contribution in [-0.2, 0) is 0 Å². The van der Waals surface area contributed by atoms with Gasteiger partial charge in [0.2, 0.25) is 0 Å². The number of nitrogens with two attached hydrogens (primary N) is 1. The maximum atomic E-state index is 5.58. The number of hydrogen-bond donors (Lipinski definition) is 1. The fourth-order valence-electron chi connectivity index (χ4n) is 3.00. The molecule has 1 aliphatic carbocycles. The highest BCUT2D eigenvalue weighted by atomic mass is 15.1. The van der Waals surface area contributed by atoms with Gasteiger partial charge in [-0.3, -0.25) is 0 Å². The van der Waals surface area contributed by atoms with Gasteiger partial charge in [-0.25, -0.2) is 0 Å². The van der Waals surface area contributed by atoms with Gasteiger partial charge >= 0.3 is 0 Å². The molecule has 0 radical (unpaired) electrons. The van der Waals surface area contributed by atoms with Gasteiger partial charge in [0.15, 0.2) is 0 Å². The van der Waals surface area contributed by atoms with E-state index in [4.69, 9.17) is 5.73 Å². The normalized spacial score (nSPS) is 20.5. The molecule has 102 valence electrons. The standard InChI is InChI=1S/C15H32N2/c1-14(11-12-16)8-7-13-17(2)15-9-5-3-4-6-10-15/h14-15H,3-13,16H2,1-2H3. The second-order valence-corrected chi connectivity index (χ2v) is 5.95. The van der Waals surface area contributed by atoms with E-state index in [1.165, 1.54) is 64.3 Å². The summed E-state index contributed by atoms with van der Waals surface area (Å²) in [7, 11) is 2.32. The summed E-state index contributed by atoms with van der Waals surface area (Å²) in [6, 6.07) is 0.863. The van der Waals surface area contributed by atoms with Crippen molar-refractivity contribution in [2.45, 2.75) is 70.8 Å². The summed E-state index contributed by atoms with van der Waals surface area (Å²) in [5.74, 6) is 0.808. The van der Waals surface area contributed by atoms with Crippen LogP contribution >= 0.6 is 0 Å². The third-order valence-electron chi connectivity index (χ3n) is 4.32. The van der Waals surface area contributed by atoms with Gasteiger partial charge < -0.3 is 10.6 Å². The zero-order chi connectivity index (χ0) is 12.5. The third kappa shape index (κ3) is 6.42. The second-order valence-electron chi connectivity index (χ2n) is 5.95. The van der Waals surface area contributed by atoms with Crippen molar-refractivity contribution in [3.8, 4) is 0 Å². The Morgan fingerprint density at radius 3 is 2.35 bits per heavy atom. The smallest absolute Gasteiger partial charge is 0.00922 e. The highest BCUT2D eigenvalue weighted by molar-refractivity contribution is 4.72. The fourth-order valence-corrected chi connectivity index (χ4v) is 3.00. The quantitative estimate of drug-likeness (QED) is 0.691. The van der Waals surface area contributed by atoms with Gasteiger partial charge in [-0.05, 0) is 58.2 Å². The molecular weight excluding hydrogens is 208 g/mol. The molecule has 1 saturated carbocycles. The van der Waals surface area contributed by atoms with Gasteiger partial charge in [0.1, 0.15) is 0 Å². The van der Waals surface area contributed by atoms with Gasteiger partial charge in [-0.1, -0.05) is 32.6 Å². The summed E-state index contributed by atoms with van der Waals surface area (Å²) < 4.78 is 0. The first-order valence-electron chi connectivity index (χ1n) is 7.64. The van der Waals surface area contributed by atoms with E-state index in [0.29, 0.717) is 0 Å². The fraction of sp³-hybridized carbons (Fsp3) is 1.00. The van der Waals surface area contributed by atoms with Crippen LogP contribution in [0.1, 0.15) is 64.7 Å². The molecule has 2 nitrogen and oxygen atoms in total. The van der Waals surface area contributed by atoms with E-state index in [1.54, 1.807) is 0 Å². The van der Waals surface area contributed by atoms with E-state index in [1.807, 2.05) is 0 Å². The van der Waals surface area contributed by atoms with Crippen molar-refractivity contribution >= 4 is 0 Å². The van der Waals surface area contributed by atoms with E-state index < -0.39 is 0 Å². The lowest BCUT2D eigenvalue weighted by Crippen LogP contribution is -2.32. The minimum absolute atomic E-state index is 0.808. The summed E-state index contributed by atoms with van der Waals surface area (Å²) in [5, 5.41) is 0. The summed E-state index contributed by atoms with van der Waals surface area (Å²) in [6.07, 6.45) is 12.5. The van der Waals surface area contributed by atoms with Crippen LogP contribution in [-0.4, -0.2) is 31.1 Å². The molecule has 0 spiro atoms. The van der Waals surface area contributed by atoms with E-state index in [-0.39, 0.29) is 0 Å². The molecule has 1 fully saturated rings. The summed E-state index contributed by atoms with van der Waals surface area (Å²) >= 11 is 0. The van der Waals surface area contributed by atoms with Crippen LogP contribution in [0.2, 0.25) is 0 Å². The average Bonchev–Trinajstić information content (AvgIpc) is 2.57. The first kappa shape index (κ1) is 15.0. The molecule has 2 N–H and O–H groups in total. The van der Waals surface area contributed by atoms with Crippen molar-refractivity contribution in [1.82, 2.24) is 4.90 Å². The summed E-state index contributed by atoms with van der Waals surface area (Å²) in [4.78, 5) is 2.61. The minimum atomic E-state index is 0.808. The Kier molecular flexibility index (Phi) is 7.87. The Labute approximate surface area is 108 Å². The van der Waals surface area contributed by atoms with Crippen molar-refractivity contribution in [3.63, 3.8) is 0 Å². The van der Waals surface area contributed by atoms with E-state index in [0.717, 1.165) is 18.5 Å². The Morgan fingerprint density at radius 2 is 1.76 bits per heavy atom. The van der Waals surface area contributed by atoms with Crippen LogP contribution in [0.15, 0.2) is 0 Å². The van der Waals surface area contributed by atoms with Crippen LogP contribution in [0, 0.1) is 5.92 Å². The van der Waals surface area contributed by atoms with Gasteiger partial charge in [-0.2, -0.15) is 0 Å². The molecule has 0 heterocycles. The Hall–Kier alpha value is -0.0800. The second kappa shape index (κ2) is 8.93. The highest BCUT2D eigenvalue weighted by Crippen LogP contribution is 2.21. The molecule has 1 aliphatic rings. The summed E-state index contributed by atoms with van der Waals surface area (Å²) in [5.41, 5.74) is 5.58. The van der Waals surface area contributed by atoms with Crippen LogP contribution in [0.25, 0.3) is 0 Å². The number of hydrogen-bond acceptors (Lipinski definition) is 2. The lowest BCUT2D eigenvalue weighted by atomic mass is 10.0. The Balaban J connectivity index is 2.12. The first-order valence-corrected chi connectivity index (χ1v) is 7.64. The van der Waals surface area contributed by atoms with Crippen molar-refractivity contribution in [2.24, 2.45) is 11.7 Å². The molecule has 0 bridgehead atoms. The molecule has 2 heteroatoms. The molecule has 0 aliphatic heterocycles. The Bertz CT molecular complexity index is 174. The zero-order valence-electron chi connectivity index (χ0n) is 12.0. The molecule has 0 aromatic heterocycles. The van der Waals surface area contributed by atoms with Gasteiger partial charge in [0.25, 0.3) is 0 Å². The third-order valence-corrected chi connectivity index (χ3v) is 4.32. The lowest BCUT2D eigenvalue weighted by molar-refractivity contribution is 0.213. The SMILES string of the molecule is CC(CCN)CCCN(C)C1CCCCCC1. The molecule has 1 atom stereocenters. The number of nitrogens with zero attached hydrogens (tertiary/aromatic N) is 1. The molecule has 1 unspecified atom stereocenters. The molecule has 0 aromatic rings. The molecule has 17 heavy (non-hydrogen) atoms. The maximum absolute atomic E-state index is 5.58. The van der Waals surface area contributed by atoms with Gasteiger partial charge in [0.05, 0.1) is 0 Å². The van der Waals surface area contributed by atoms with E-state index >= 15 is 0 Å². The van der Waals surface area contributed by atoms with E-state index in [2.05, 4.69) is 18.9 Å². The van der Waals surface area contributed by atoms with Crippen LogP contribution in [0.5, 0.6) is 0 Å². The summed E-state index contributed by atoms with van der Waals surface area (Å²) in [6.45, 7) is 4.46. The van der Waals surface area contributed by atoms with Crippen molar-refractivity contribution in [3.05, 3.63) is 0 Å². The molecule has 0 amide bonds. The van der Waals surface area contributed by atoms with E-state index in [9.17, 15) is 0 Å². The largest absolute Gasteiger partial charge is 0.330 e. The molecule has 0 saturated heterocycles. The molecule has 0 aromatic carbocycles. The topological polar surface area (TPSA) is 29.3 Å². The number of rotatable bonds is 7. The minimum Gasteiger partial charge on any atom is -0.330 e. The van der Waals surface area contributed by atoms with Crippen LogP contribution in [0.4, 0.5) is 0 Å². The molecule has 1 rings (SSSR count). The van der Waals surface area contributed by atoms with Gasteiger partial charge in [-0.15, -0.1) is 0 Å². The van der Waals surface area contributed by atoms with Crippen LogP contribution in [0.3, 0.4) is 0 Å². The Morgan fingerprint density at radius 1 is 1.12 bits per heavy atom. The lowest BCUT2D eigenvalue weighted by Gasteiger charge is -2.27. The monoisotopic (exact) mass is 240 g/mol. The first-order chi connectivity index (χ1) is 8.24.